The van der Waals surface area contributed by atoms with Crippen molar-refractivity contribution in [1.29, 1.82) is 0 Å². The molecule has 96 valence electrons. The molecule has 4 heteroatoms. The molecule has 1 aromatic heterocycles. The lowest BCUT2D eigenvalue weighted by molar-refractivity contribution is -0.103. The Balaban J connectivity index is 2.22. The molecule has 1 atom stereocenters. The second-order valence-electron chi connectivity index (χ2n) is 4.86. The fourth-order valence-electron chi connectivity index (χ4n) is 2.81. The Kier molecular flexibility index (Phi) is 3.84. The van der Waals surface area contributed by atoms with Gasteiger partial charge in [-0.05, 0) is 25.3 Å². The van der Waals surface area contributed by atoms with Gasteiger partial charge < -0.3 is 9.84 Å². The van der Waals surface area contributed by atoms with Gasteiger partial charge in [-0.2, -0.15) is 5.10 Å². The number of aliphatic hydroxyl groups excluding tert-OH is 1. The largest absolute Gasteiger partial charge is 0.384 e. The van der Waals surface area contributed by atoms with Gasteiger partial charge in [-0.3, -0.25) is 4.68 Å². The summed E-state index contributed by atoms with van der Waals surface area (Å²) in [6.45, 7) is 2.96. The van der Waals surface area contributed by atoms with E-state index < -0.39 is 11.7 Å². The van der Waals surface area contributed by atoms with E-state index in [4.69, 9.17) is 4.74 Å². The van der Waals surface area contributed by atoms with Gasteiger partial charge in [0, 0.05) is 19.9 Å². The summed E-state index contributed by atoms with van der Waals surface area (Å²) in [5.74, 6) is 0. The van der Waals surface area contributed by atoms with Crippen LogP contribution in [0.1, 0.15) is 50.8 Å². The lowest BCUT2D eigenvalue weighted by Gasteiger charge is -2.33. The predicted molar refractivity (Wildman–Crippen MR) is 65.7 cm³/mol. The van der Waals surface area contributed by atoms with Crippen LogP contribution in [0.25, 0.3) is 0 Å². The van der Waals surface area contributed by atoms with Crippen molar-refractivity contribution < 1.29 is 9.84 Å². The molecule has 0 bridgehead atoms. The topological polar surface area (TPSA) is 47.3 Å². The van der Waals surface area contributed by atoms with E-state index >= 15 is 0 Å². The Morgan fingerprint density at radius 3 is 2.82 bits per heavy atom. The Morgan fingerprint density at radius 2 is 2.24 bits per heavy atom. The van der Waals surface area contributed by atoms with Crippen molar-refractivity contribution in [2.24, 2.45) is 0 Å². The Bertz CT molecular complexity index is 356. The molecule has 1 aliphatic carbocycles. The fourth-order valence-corrected chi connectivity index (χ4v) is 2.81. The highest BCUT2D eigenvalue weighted by molar-refractivity contribution is 5.12. The van der Waals surface area contributed by atoms with E-state index in [0.29, 0.717) is 0 Å². The third-order valence-electron chi connectivity index (χ3n) is 3.82. The van der Waals surface area contributed by atoms with Crippen LogP contribution in [0.4, 0.5) is 0 Å². The number of methoxy groups -OCH3 is 1. The van der Waals surface area contributed by atoms with Gasteiger partial charge in [0.25, 0.3) is 0 Å². The van der Waals surface area contributed by atoms with Crippen molar-refractivity contribution in [2.45, 2.75) is 57.3 Å². The van der Waals surface area contributed by atoms with Crippen LogP contribution in [0.5, 0.6) is 0 Å². The van der Waals surface area contributed by atoms with Gasteiger partial charge in [-0.25, -0.2) is 0 Å². The van der Waals surface area contributed by atoms with Gasteiger partial charge in [-0.15, -0.1) is 0 Å². The van der Waals surface area contributed by atoms with Gasteiger partial charge in [0.15, 0.2) is 0 Å². The molecule has 1 fully saturated rings. The predicted octanol–water partition coefficient (Wildman–Crippen LogP) is 2.29. The minimum Gasteiger partial charge on any atom is -0.384 e. The standard InChI is InChI=1S/C13H22N2O2/c1-3-10-15-11(6-9-14-15)12(16)13(17-2)7-4-5-8-13/h6,9,12,16H,3-5,7-8,10H2,1-2H3. The Hall–Kier alpha value is -0.870. The maximum Gasteiger partial charge on any atom is 0.124 e. The second-order valence-corrected chi connectivity index (χ2v) is 4.86. The summed E-state index contributed by atoms with van der Waals surface area (Å²) < 4.78 is 7.52. The molecule has 0 amide bonds. The van der Waals surface area contributed by atoms with Crippen molar-refractivity contribution in [3.05, 3.63) is 18.0 Å². The monoisotopic (exact) mass is 238 g/mol. The summed E-state index contributed by atoms with van der Waals surface area (Å²) in [5, 5.41) is 14.8. The van der Waals surface area contributed by atoms with Crippen molar-refractivity contribution >= 4 is 0 Å². The van der Waals surface area contributed by atoms with Crippen molar-refractivity contribution in [3.8, 4) is 0 Å². The van der Waals surface area contributed by atoms with Crippen LogP contribution >= 0.6 is 0 Å². The first-order valence-corrected chi connectivity index (χ1v) is 6.48. The number of aliphatic hydroxyl groups is 1. The van der Waals surface area contributed by atoms with Crippen LogP contribution in [0.15, 0.2) is 12.3 Å². The number of ether oxygens (including phenoxy) is 1. The molecule has 1 aliphatic rings. The number of rotatable bonds is 5. The summed E-state index contributed by atoms with van der Waals surface area (Å²) in [5.41, 5.74) is 0.488. The number of aromatic nitrogens is 2. The Labute approximate surface area is 103 Å². The highest BCUT2D eigenvalue weighted by Gasteiger charge is 2.42. The van der Waals surface area contributed by atoms with Gasteiger partial charge >= 0.3 is 0 Å². The maximum atomic E-state index is 10.6. The van der Waals surface area contributed by atoms with Gasteiger partial charge in [0.05, 0.1) is 11.3 Å². The number of nitrogens with zero attached hydrogens (tertiary/aromatic N) is 2. The second kappa shape index (κ2) is 5.19. The van der Waals surface area contributed by atoms with E-state index in [0.717, 1.165) is 44.3 Å². The highest BCUT2D eigenvalue weighted by atomic mass is 16.5. The molecule has 0 saturated heterocycles. The third-order valence-corrected chi connectivity index (χ3v) is 3.82. The molecule has 2 rings (SSSR count). The zero-order valence-corrected chi connectivity index (χ0v) is 10.7. The number of hydrogen-bond donors (Lipinski definition) is 1. The summed E-state index contributed by atoms with van der Waals surface area (Å²) in [7, 11) is 1.70. The van der Waals surface area contributed by atoms with Crippen molar-refractivity contribution in [3.63, 3.8) is 0 Å². The van der Waals surface area contributed by atoms with Crippen LogP contribution in [0.3, 0.4) is 0 Å². The lowest BCUT2D eigenvalue weighted by atomic mass is 9.92. The molecule has 1 unspecified atom stereocenters. The molecule has 0 radical (unpaired) electrons. The smallest absolute Gasteiger partial charge is 0.124 e. The molecule has 1 saturated carbocycles. The van der Waals surface area contributed by atoms with Crippen LogP contribution in [-0.4, -0.2) is 27.6 Å². The maximum absolute atomic E-state index is 10.6. The first kappa shape index (κ1) is 12.6. The molecule has 0 spiro atoms. The number of aryl methyl sites for hydroxylation is 1. The first-order valence-electron chi connectivity index (χ1n) is 6.48. The van der Waals surface area contributed by atoms with E-state index in [-0.39, 0.29) is 0 Å². The molecule has 4 nitrogen and oxygen atoms in total. The van der Waals surface area contributed by atoms with E-state index in [2.05, 4.69) is 12.0 Å². The third kappa shape index (κ3) is 2.24. The average Bonchev–Trinajstić information content (AvgIpc) is 2.97. The molecule has 0 aliphatic heterocycles. The summed E-state index contributed by atoms with van der Waals surface area (Å²) in [6.07, 6.45) is 6.33. The van der Waals surface area contributed by atoms with Crippen molar-refractivity contribution in [1.82, 2.24) is 9.78 Å². The molecule has 1 aromatic rings. The highest BCUT2D eigenvalue weighted by Crippen LogP contribution is 2.42. The van der Waals surface area contributed by atoms with Crippen LogP contribution in [-0.2, 0) is 11.3 Å². The molecular weight excluding hydrogens is 216 g/mol. The molecule has 17 heavy (non-hydrogen) atoms. The van der Waals surface area contributed by atoms with E-state index in [1.165, 1.54) is 0 Å². The van der Waals surface area contributed by atoms with Crippen LogP contribution in [0.2, 0.25) is 0 Å². The van der Waals surface area contributed by atoms with E-state index in [9.17, 15) is 5.11 Å². The minimum atomic E-state index is -0.566. The normalized spacial score (nSPS) is 20.6. The summed E-state index contributed by atoms with van der Waals surface area (Å²) >= 11 is 0. The van der Waals surface area contributed by atoms with Crippen molar-refractivity contribution in [2.75, 3.05) is 7.11 Å². The van der Waals surface area contributed by atoms with Gasteiger partial charge in [0.1, 0.15) is 6.10 Å². The average molecular weight is 238 g/mol. The first-order chi connectivity index (χ1) is 8.23. The molecule has 0 aromatic carbocycles. The SMILES string of the molecule is CCCn1nccc1C(O)C1(OC)CCCC1. The zero-order valence-electron chi connectivity index (χ0n) is 10.7. The summed E-state index contributed by atoms with van der Waals surface area (Å²) in [6, 6.07) is 1.90. The van der Waals surface area contributed by atoms with Gasteiger partial charge in [-0.1, -0.05) is 19.8 Å². The van der Waals surface area contributed by atoms with E-state index in [1.807, 2.05) is 10.7 Å². The van der Waals surface area contributed by atoms with Gasteiger partial charge in [0.2, 0.25) is 0 Å². The van der Waals surface area contributed by atoms with Crippen LogP contribution in [0, 0.1) is 0 Å². The van der Waals surface area contributed by atoms with E-state index in [1.54, 1.807) is 13.3 Å². The zero-order chi connectivity index (χ0) is 12.3. The quantitative estimate of drug-likeness (QED) is 0.856. The Morgan fingerprint density at radius 1 is 1.53 bits per heavy atom. The summed E-state index contributed by atoms with van der Waals surface area (Å²) in [4.78, 5) is 0. The van der Waals surface area contributed by atoms with Crippen LogP contribution < -0.4 is 0 Å². The molecule has 1 N–H and O–H groups in total. The molecule has 1 heterocycles. The fraction of sp³-hybridized carbons (Fsp3) is 0.769. The lowest BCUT2D eigenvalue weighted by Crippen LogP contribution is -2.36. The number of hydrogen-bond acceptors (Lipinski definition) is 3. The molecular formula is C13H22N2O2. The minimum absolute atomic E-state index is 0.397.